The normalized spacial score (nSPS) is 14.3. The van der Waals surface area contributed by atoms with E-state index >= 15 is 0 Å². The number of nitrogens with one attached hydrogen (secondary N) is 2. The summed E-state index contributed by atoms with van der Waals surface area (Å²) < 4.78 is 10.7. The van der Waals surface area contributed by atoms with Gasteiger partial charge in [0, 0.05) is 37.9 Å². The average molecular weight is 383 g/mol. The summed E-state index contributed by atoms with van der Waals surface area (Å²) in [6.45, 7) is 6.64. The summed E-state index contributed by atoms with van der Waals surface area (Å²) in [6.07, 6.45) is 1.11. The average Bonchev–Trinajstić information content (AvgIpc) is 2.73. The Labute approximate surface area is 167 Å². The van der Waals surface area contributed by atoms with Crippen molar-refractivity contribution in [1.29, 1.82) is 0 Å². The van der Waals surface area contributed by atoms with E-state index in [1.807, 2.05) is 18.2 Å². The van der Waals surface area contributed by atoms with Crippen molar-refractivity contribution in [3.8, 4) is 11.5 Å². The minimum Gasteiger partial charge on any atom is -0.493 e. The van der Waals surface area contributed by atoms with Crippen LogP contribution in [0, 0.1) is 0 Å². The van der Waals surface area contributed by atoms with Gasteiger partial charge in [0.2, 0.25) is 0 Å². The van der Waals surface area contributed by atoms with E-state index in [2.05, 4.69) is 46.7 Å². The van der Waals surface area contributed by atoms with Gasteiger partial charge < -0.3 is 20.1 Å². The highest BCUT2D eigenvalue weighted by molar-refractivity contribution is 5.93. The minimum atomic E-state index is 0.690. The van der Waals surface area contributed by atoms with E-state index in [-0.39, 0.29) is 0 Å². The molecule has 2 aromatic rings. The first-order valence-corrected chi connectivity index (χ1v) is 9.80. The van der Waals surface area contributed by atoms with Gasteiger partial charge in [-0.15, -0.1) is 0 Å². The monoisotopic (exact) mass is 382 g/mol. The molecule has 150 valence electrons. The summed E-state index contributed by atoms with van der Waals surface area (Å²) in [4.78, 5) is 7.20. The van der Waals surface area contributed by atoms with Crippen LogP contribution >= 0.6 is 0 Å². The molecule has 6 nitrogen and oxygen atoms in total. The lowest BCUT2D eigenvalue weighted by Crippen LogP contribution is -2.34. The molecule has 0 fully saturated rings. The van der Waals surface area contributed by atoms with Crippen LogP contribution in [0.25, 0.3) is 0 Å². The van der Waals surface area contributed by atoms with Crippen LogP contribution in [0.15, 0.2) is 47.5 Å². The maximum absolute atomic E-state index is 5.38. The van der Waals surface area contributed by atoms with Gasteiger partial charge in [-0.05, 0) is 36.6 Å². The van der Waals surface area contributed by atoms with E-state index in [0.29, 0.717) is 11.5 Å². The Bertz CT molecular complexity index is 807. The SMILES string of the molecule is CCNC(=NCCN1CCc2ccccc2C1)Nc1ccc(OC)c(OC)c1. The molecule has 0 saturated heterocycles. The van der Waals surface area contributed by atoms with Crippen molar-refractivity contribution in [1.82, 2.24) is 10.2 Å². The zero-order chi connectivity index (χ0) is 19.8. The summed E-state index contributed by atoms with van der Waals surface area (Å²) in [5.74, 6) is 2.17. The molecular formula is C22H30N4O2. The quantitative estimate of drug-likeness (QED) is 0.569. The lowest BCUT2D eigenvalue weighted by Gasteiger charge is -2.28. The lowest BCUT2D eigenvalue weighted by atomic mass is 10.0. The molecular weight excluding hydrogens is 352 g/mol. The molecule has 0 saturated carbocycles. The molecule has 0 spiro atoms. The van der Waals surface area contributed by atoms with Crippen LogP contribution in [-0.2, 0) is 13.0 Å². The Morgan fingerprint density at radius 3 is 2.61 bits per heavy atom. The van der Waals surface area contributed by atoms with E-state index in [9.17, 15) is 0 Å². The molecule has 0 atom stereocenters. The fourth-order valence-electron chi connectivity index (χ4n) is 3.41. The van der Waals surface area contributed by atoms with Gasteiger partial charge in [0.15, 0.2) is 17.5 Å². The highest BCUT2D eigenvalue weighted by atomic mass is 16.5. The van der Waals surface area contributed by atoms with Crippen LogP contribution in [0.1, 0.15) is 18.1 Å². The summed E-state index contributed by atoms with van der Waals surface area (Å²) in [7, 11) is 3.27. The Morgan fingerprint density at radius 2 is 1.86 bits per heavy atom. The number of hydrogen-bond acceptors (Lipinski definition) is 4. The van der Waals surface area contributed by atoms with Gasteiger partial charge in [-0.3, -0.25) is 9.89 Å². The largest absolute Gasteiger partial charge is 0.493 e. The molecule has 2 N–H and O–H groups in total. The Balaban J connectivity index is 1.59. The second-order valence-electron chi connectivity index (χ2n) is 6.75. The van der Waals surface area contributed by atoms with E-state index in [4.69, 9.17) is 14.5 Å². The van der Waals surface area contributed by atoms with Gasteiger partial charge in [0.1, 0.15) is 0 Å². The second-order valence-corrected chi connectivity index (χ2v) is 6.75. The number of aliphatic imine (C=N–C) groups is 1. The number of nitrogens with zero attached hydrogens (tertiary/aromatic N) is 2. The molecule has 1 heterocycles. The number of anilines is 1. The van der Waals surface area contributed by atoms with E-state index in [1.165, 1.54) is 11.1 Å². The van der Waals surface area contributed by atoms with Gasteiger partial charge in [0.25, 0.3) is 0 Å². The highest BCUT2D eigenvalue weighted by Crippen LogP contribution is 2.29. The third-order valence-electron chi connectivity index (χ3n) is 4.89. The summed E-state index contributed by atoms with van der Waals surface area (Å²) in [5.41, 5.74) is 3.82. The molecule has 6 heteroatoms. The fraction of sp³-hybridized carbons (Fsp3) is 0.409. The van der Waals surface area contributed by atoms with Crippen LogP contribution in [0.2, 0.25) is 0 Å². The maximum Gasteiger partial charge on any atom is 0.195 e. The first-order valence-electron chi connectivity index (χ1n) is 9.80. The minimum absolute atomic E-state index is 0.690. The Kier molecular flexibility index (Phi) is 7.14. The van der Waals surface area contributed by atoms with Gasteiger partial charge in [-0.1, -0.05) is 24.3 Å². The van der Waals surface area contributed by atoms with E-state index in [0.717, 1.165) is 50.8 Å². The van der Waals surface area contributed by atoms with Crippen molar-refractivity contribution >= 4 is 11.6 Å². The van der Waals surface area contributed by atoms with Crippen LogP contribution in [0.3, 0.4) is 0 Å². The number of guanidine groups is 1. The van der Waals surface area contributed by atoms with E-state index in [1.54, 1.807) is 14.2 Å². The first kappa shape index (κ1) is 20.0. The predicted molar refractivity (Wildman–Crippen MR) is 115 cm³/mol. The van der Waals surface area contributed by atoms with Crippen molar-refractivity contribution in [2.24, 2.45) is 4.99 Å². The summed E-state index contributed by atoms with van der Waals surface area (Å²) in [5, 5.41) is 6.64. The predicted octanol–water partition coefficient (Wildman–Crippen LogP) is 3.14. The van der Waals surface area contributed by atoms with Gasteiger partial charge in [-0.2, -0.15) is 0 Å². The molecule has 1 aliphatic heterocycles. The van der Waals surface area contributed by atoms with Crippen LogP contribution in [-0.4, -0.2) is 51.3 Å². The molecule has 3 rings (SSSR count). The van der Waals surface area contributed by atoms with Crippen LogP contribution in [0.4, 0.5) is 5.69 Å². The summed E-state index contributed by atoms with van der Waals surface area (Å²) >= 11 is 0. The summed E-state index contributed by atoms with van der Waals surface area (Å²) in [6, 6.07) is 14.5. The molecule has 0 aromatic heterocycles. The molecule has 0 aliphatic carbocycles. The standard InChI is InChI=1S/C22H30N4O2/c1-4-23-22(25-19-9-10-20(27-2)21(15-19)28-3)24-12-14-26-13-11-17-7-5-6-8-18(17)16-26/h5-10,15H,4,11-14,16H2,1-3H3,(H2,23,24,25). The van der Waals surface area contributed by atoms with Crippen molar-refractivity contribution in [2.75, 3.05) is 45.7 Å². The fourth-order valence-corrected chi connectivity index (χ4v) is 3.41. The van der Waals surface area contributed by atoms with Crippen molar-refractivity contribution in [3.05, 3.63) is 53.6 Å². The van der Waals surface area contributed by atoms with Crippen molar-refractivity contribution < 1.29 is 9.47 Å². The number of hydrogen-bond donors (Lipinski definition) is 2. The number of rotatable bonds is 7. The van der Waals surface area contributed by atoms with Crippen molar-refractivity contribution in [2.45, 2.75) is 19.9 Å². The van der Waals surface area contributed by atoms with E-state index < -0.39 is 0 Å². The van der Waals surface area contributed by atoms with Gasteiger partial charge >= 0.3 is 0 Å². The number of benzene rings is 2. The van der Waals surface area contributed by atoms with Crippen molar-refractivity contribution in [3.63, 3.8) is 0 Å². The lowest BCUT2D eigenvalue weighted by molar-refractivity contribution is 0.261. The topological polar surface area (TPSA) is 58.1 Å². The smallest absolute Gasteiger partial charge is 0.195 e. The van der Waals surface area contributed by atoms with Gasteiger partial charge in [-0.25, -0.2) is 0 Å². The molecule has 0 amide bonds. The van der Waals surface area contributed by atoms with Crippen LogP contribution in [0.5, 0.6) is 11.5 Å². The Morgan fingerprint density at radius 1 is 1.07 bits per heavy atom. The Hall–Kier alpha value is -2.73. The number of ether oxygens (including phenoxy) is 2. The van der Waals surface area contributed by atoms with Crippen LogP contribution < -0.4 is 20.1 Å². The first-order chi connectivity index (χ1) is 13.7. The molecule has 2 aromatic carbocycles. The third kappa shape index (κ3) is 5.16. The van der Waals surface area contributed by atoms with Gasteiger partial charge in [0.05, 0.1) is 20.8 Å². The molecule has 28 heavy (non-hydrogen) atoms. The number of fused-ring (bicyclic) bond motifs is 1. The molecule has 0 unspecified atom stereocenters. The molecule has 0 radical (unpaired) electrons. The zero-order valence-corrected chi connectivity index (χ0v) is 17.0. The number of methoxy groups -OCH3 is 2. The highest BCUT2D eigenvalue weighted by Gasteiger charge is 2.15. The maximum atomic E-state index is 5.38. The molecule has 0 bridgehead atoms. The second kappa shape index (κ2) is 9.99. The zero-order valence-electron chi connectivity index (χ0n) is 17.0. The third-order valence-corrected chi connectivity index (χ3v) is 4.89. The molecule has 1 aliphatic rings.